The van der Waals surface area contributed by atoms with Crippen LogP contribution in [0.1, 0.15) is 24.0 Å². The lowest BCUT2D eigenvalue weighted by atomic mass is 9.95. The highest BCUT2D eigenvalue weighted by Gasteiger charge is 2.34. The van der Waals surface area contributed by atoms with Crippen molar-refractivity contribution < 1.29 is 14.0 Å². The van der Waals surface area contributed by atoms with Gasteiger partial charge in [-0.25, -0.2) is 4.39 Å². The highest BCUT2D eigenvalue weighted by atomic mass is 19.1. The summed E-state index contributed by atoms with van der Waals surface area (Å²) in [4.78, 5) is 29.4. The lowest BCUT2D eigenvalue weighted by Crippen LogP contribution is -2.47. The summed E-state index contributed by atoms with van der Waals surface area (Å²) >= 11 is 0. The van der Waals surface area contributed by atoms with Crippen molar-refractivity contribution >= 4 is 17.5 Å². The van der Waals surface area contributed by atoms with Crippen LogP contribution in [0.25, 0.3) is 0 Å². The molecule has 0 aliphatic carbocycles. The molecule has 27 heavy (non-hydrogen) atoms. The fraction of sp³-hybridized carbons (Fsp3) is 0.364. The number of likely N-dealkylation sites (tertiary alicyclic amines) is 1. The van der Waals surface area contributed by atoms with Crippen LogP contribution in [-0.4, -0.2) is 36.3 Å². The van der Waals surface area contributed by atoms with E-state index in [0.29, 0.717) is 13.1 Å². The predicted molar refractivity (Wildman–Crippen MR) is 102 cm³/mol. The Kier molecular flexibility index (Phi) is 4.92. The molecule has 2 amide bonds. The number of amides is 2. The zero-order chi connectivity index (χ0) is 18.8. The quantitative estimate of drug-likeness (QED) is 0.837. The maximum absolute atomic E-state index is 13.1. The van der Waals surface area contributed by atoms with E-state index < -0.39 is 0 Å². The van der Waals surface area contributed by atoms with Gasteiger partial charge < -0.3 is 9.80 Å². The monoisotopic (exact) mass is 366 g/mol. The molecule has 2 aliphatic rings. The molecule has 0 aromatic heterocycles. The van der Waals surface area contributed by atoms with Crippen LogP contribution in [-0.2, 0) is 22.4 Å². The average Bonchev–Trinajstić information content (AvgIpc) is 3.13. The van der Waals surface area contributed by atoms with Gasteiger partial charge in [-0.15, -0.1) is 0 Å². The molecule has 0 unspecified atom stereocenters. The number of para-hydroxylation sites is 1. The van der Waals surface area contributed by atoms with E-state index in [4.69, 9.17) is 0 Å². The number of fused-ring (bicyclic) bond motifs is 1. The third-order valence-electron chi connectivity index (χ3n) is 5.55. The maximum Gasteiger partial charge on any atom is 0.231 e. The topological polar surface area (TPSA) is 40.6 Å². The summed E-state index contributed by atoms with van der Waals surface area (Å²) in [6, 6.07) is 14.1. The second-order valence-electron chi connectivity index (χ2n) is 7.35. The lowest BCUT2D eigenvalue weighted by Gasteiger charge is -2.34. The van der Waals surface area contributed by atoms with Crippen molar-refractivity contribution in [3.63, 3.8) is 0 Å². The van der Waals surface area contributed by atoms with Gasteiger partial charge in [-0.3, -0.25) is 9.59 Å². The minimum atomic E-state index is -0.305. The number of anilines is 1. The first kappa shape index (κ1) is 17.7. The molecule has 1 atom stereocenters. The third kappa shape index (κ3) is 3.72. The Bertz CT molecular complexity index is 850. The number of carbonyl (C=O) groups excluding carboxylic acids is 2. The largest absolute Gasteiger partial charge is 0.342 e. The highest BCUT2D eigenvalue weighted by molar-refractivity contribution is 5.97. The van der Waals surface area contributed by atoms with E-state index in [0.717, 1.165) is 37.1 Å². The first-order valence-corrected chi connectivity index (χ1v) is 9.53. The molecule has 1 saturated heterocycles. The molecule has 140 valence electrons. The van der Waals surface area contributed by atoms with E-state index >= 15 is 0 Å². The normalized spacial score (nSPS) is 19.1. The van der Waals surface area contributed by atoms with Gasteiger partial charge in [-0.2, -0.15) is 0 Å². The van der Waals surface area contributed by atoms with Crippen LogP contribution in [0, 0.1) is 11.7 Å². The van der Waals surface area contributed by atoms with Gasteiger partial charge in [0.25, 0.3) is 0 Å². The Labute approximate surface area is 158 Å². The molecule has 0 radical (unpaired) electrons. The van der Waals surface area contributed by atoms with Crippen LogP contribution in [0.15, 0.2) is 48.5 Å². The summed E-state index contributed by atoms with van der Waals surface area (Å²) in [5, 5.41) is 0. The summed E-state index contributed by atoms with van der Waals surface area (Å²) < 4.78 is 13.0. The van der Waals surface area contributed by atoms with Crippen molar-refractivity contribution in [3.05, 3.63) is 65.5 Å². The molecule has 4 nitrogen and oxygen atoms in total. The summed E-state index contributed by atoms with van der Waals surface area (Å²) in [6.45, 7) is 1.87. The average molecular weight is 366 g/mol. The van der Waals surface area contributed by atoms with E-state index in [2.05, 4.69) is 6.07 Å². The molecule has 2 heterocycles. The van der Waals surface area contributed by atoms with Gasteiger partial charge in [0.1, 0.15) is 5.82 Å². The summed E-state index contributed by atoms with van der Waals surface area (Å²) in [5.74, 6) is -0.331. The number of nitrogens with zero attached hydrogens (tertiary/aromatic N) is 2. The van der Waals surface area contributed by atoms with Gasteiger partial charge in [-0.1, -0.05) is 30.3 Å². The lowest BCUT2D eigenvalue weighted by molar-refractivity contribution is -0.134. The number of carbonyl (C=O) groups is 2. The van der Waals surface area contributed by atoms with E-state index in [-0.39, 0.29) is 30.0 Å². The molecule has 2 aliphatic heterocycles. The summed E-state index contributed by atoms with van der Waals surface area (Å²) in [5.41, 5.74) is 3.02. The summed E-state index contributed by atoms with van der Waals surface area (Å²) in [7, 11) is 0. The number of piperidine rings is 1. The van der Waals surface area contributed by atoms with E-state index in [1.54, 1.807) is 17.0 Å². The van der Waals surface area contributed by atoms with Crippen molar-refractivity contribution in [3.8, 4) is 0 Å². The molecule has 5 heteroatoms. The van der Waals surface area contributed by atoms with Crippen LogP contribution in [0.5, 0.6) is 0 Å². The number of benzene rings is 2. The number of hydrogen-bond donors (Lipinski definition) is 0. The molecule has 0 saturated carbocycles. The van der Waals surface area contributed by atoms with Gasteiger partial charge in [0.05, 0.1) is 12.3 Å². The van der Waals surface area contributed by atoms with Gasteiger partial charge in [0.2, 0.25) is 11.8 Å². The van der Waals surface area contributed by atoms with Crippen LogP contribution in [0.2, 0.25) is 0 Å². The molecule has 1 fully saturated rings. The van der Waals surface area contributed by atoms with Crippen molar-refractivity contribution in [1.29, 1.82) is 0 Å². The first-order chi connectivity index (χ1) is 13.1. The van der Waals surface area contributed by atoms with Crippen LogP contribution < -0.4 is 4.90 Å². The molecule has 0 N–H and O–H groups in total. The fourth-order valence-electron chi connectivity index (χ4n) is 4.08. The van der Waals surface area contributed by atoms with Gasteiger partial charge in [-0.05, 0) is 48.6 Å². The van der Waals surface area contributed by atoms with Gasteiger partial charge in [0, 0.05) is 25.3 Å². The standard InChI is InChI=1S/C22H23FN2O2/c23-19-9-7-16(8-10-19)14-21(26)24-12-3-5-18(15-24)22(27)25-13-11-17-4-1-2-6-20(17)25/h1-2,4,6-10,18H,3,5,11-15H2/t18-/m0/s1. The van der Waals surface area contributed by atoms with E-state index in [1.807, 2.05) is 23.1 Å². The van der Waals surface area contributed by atoms with Crippen LogP contribution >= 0.6 is 0 Å². The first-order valence-electron chi connectivity index (χ1n) is 9.53. The minimum Gasteiger partial charge on any atom is -0.342 e. The summed E-state index contributed by atoms with van der Waals surface area (Å²) in [6.07, 6.45) is 2.79. The molecule has 4 rings (SSSR count). The second-order valence-corrected chi connectivity index (χ2v) is 7.35. The van der Waals surface area contributed by atoms with E-state index in [1.165, 1.54) is 17.7 Å². The number of hydrogen-bond acceptors (Lipinski definition) is 2. The Morgan fingerprint density at radius 3 is 2.63 bits per heavy atom. The third-order valence-corrected chi connectivity index (χ3v) is 5.55. The number of halogens is 1. The molecule has 0 spiro atoms. The van der Waals surface area contributed by atoms with Gasteiger partial charge >= 0.3 is 0 Å². The van der Waals surface area contributed by atoms with Crippen molar-refractivity contribution in [2.45, 2.75) is 25.7 Å². The Hall–Kier alpha value is -2.69. The van der Waals surface area contributed by atoms with Crippen LogP contribution in [0.4, 0.5) is 10.1 Å². The molecular weight excluding hydrogens is 343 g/mol. The maximum atomic E-state index is 13.1. The smallest absolute Gasteiger partial charge is 0.231 e. The fourth-order valence-corrected chi connectivity index (χ4v) is 4.08. The van der Waals surface area contributed by atoms with Crippen molar-refractivity contribution in [2.24, 2.45) is 5.92 Å². The second kappa shape index (κ2) is 7.51. The zero-order valence-corrected chi connectivity index (χ0v) is 15.2. The SMILES string of the molecule is O=C(Cc1ccc(F)cc1)N1CCC[C@H](C(=O)N2CCc3ccccc32)C1. The molecule has 0 bridgehead atoms. The van der Waals surface area contributed by atoms with E-state index in [9.17, 15) is 14.0 Å². The Balaban J connectivity index is 1.41. The Morgan fingerprint density at radius 2 is 1.81 bits per heavy atom. The Morgan fingerprint density at radius 1 is 1.04 bits per heavy atom. The zero-order valence-electron chi connectivity index (χ0n) is 15.2. The van der Waals surface area contributed by atoms with Gasteiger partial charge in [0.15, 0.2) is 0 Å². The molecule has 2 aromatic rings. The molecule has 2 aromatic carbocycles. The minimum absolute atomic E-state index is 0.000861. The predicted octanol–water partition coefficient (Wildman–Crippen LogP) is 3.20. The van der Waals surface area contributed by atoms with Crippen molar-refractivity contribution in [2.75, 3.05) is 24.5 Å². The van der Waals surface area contributed by atoms with Crippen molar-refractivity contribution in [1.82, 2.24) is 4.90 Å². The number of rotatable bonds is 3. The molecular formula is C22H23FN2O2. The highest BCUT2D eigenvalue weighted by Crippen LogP contribution is 2.30. The van der Waals surface area contributed by atoms with Crippen LogP contribution in [0.3, 0.4) is 0 Å².